The van der Waals surface area contributed by atoms with Crippen LogP contribution in [0.1, 0.15) is 181 Å². The number of hydrogen-bond donors (Lipinski definition) is 6. The van der Waals surface area contributed by atoms with Crippen molar-refractivity contribution in [3.63, 3.8) is 0 Å². The number of ether oxygens (including phenoxy) is 2. The number of hydrogen-bond acceptors (Lipinski definition) is 12. The molecule has 57 heavy (non-hydrogen) atoms. The Kier molecular flexibility index (Phi) is 31.9. The molecule has 0 saturated heterocycles. The van der Waals surface area contributed by atoms with Gasteiger partial charge < -0.3 is 39.9 Å². The van der Waals surface area contributed by atoms with Crippen molar-refractivity contribution in [3.8, 4) is 0 Å². The van der Waals surface area contributed by atoms with Gasteiger partial charge in [0.25, 0.3) is 0 Å². The Balaban J connectivity index is 2.47. The maximum absolute atomic E-state index is 12.8. The molecule has 13 nitrogen and oxygen atoms in total. The highest BCUT2D eigenvalue weighted by Gasteiger charge is 2.51. The number of phosphoric acid groups is 1. The molecule has 1 fully saturated rings. The molecule has 0 radical (unpaired) electrons. The number of unbranched alkanes of at least 4 members (excludes halogenated alkanes) is 20. The van der Waals surface area contributed by atoms with Crippen molar-refractivity contribution in [1.29, 1.82) is 0 Å². The van der Waals surface area contributed by atoms with E-state index in [-0.39, 0.29) is 12.8 Å². The number of carbonyl (C=O) groups is 2. The number of aliphatic hydroxyl groups excluding tert-OH is 5. The Hall–Kier alpha value is -1.67. The van der Waals surface area contributed by atoms with Gasteiger partial charge in [-0.25, -0.2) is 4.57 Å². The third-order valence-electron chi connectivity index (χ3n) is 10.3. The molecule has 1 aliphatic carbocycles. The summed E-state index contributed by atoms with van der Waals surface area (Å²) in [7, 11) is -5.11. The molecule has 6 atom stereocenters. The molecule has 0 aliphatic heterocycles. The van der Waals surface area contributed by atoms with Crippen molar-refractivity contribution < 1.29 is 63.1 Å². The lowest BCUT2D eigenvalue weighted by Crippen LogP contribution is -2.64. The maximum atomic E-state index is 12.8. The van der Waals surface area contributed by atoms with Gasteiger partial charge in [-0.2, -0.15) is 0 Å². The van der Waals surface area contributed by atoms with Crippen LogP contribution in [0.4, 0.5) is 0 Å². The van der Waals surface area contributed by atoms with Crippen LogP contribution >= 0.6 is 7.82 Å². The summed E-state index contributed by atoms with van der Waals surface area (Å²) in [4.78, 5) is 35.6. The highest BCUT2D eigenvalue weighted by Crippen LogP contribution is 2.47. The monoisotopic (exact) mass is 835 g/mol. The summed E-state index contributed by atoms with van der Waals surface area (Å²) in [5.74, 6) is -1.11. The minimum absolute atomic E-state index is 0.0915. The SMILES string of the molecule is CCCC/C=C\CCCCCCCC(=O)OCC(COP(=O)(O)OC1C(O)C(O)C(O)C(O)C1O)OC(=O)CCCCCCCCC/C=C\CCCCCCCC. The van der Waals surface area contributed by atoms with Gasteiger partial charge in [-0.1, -0.05) is 134 Å². The molecular formula is C43H79O13P. The zero-order valence-electron chi connectivity index (χ0n) is 35.1. The van der Waals surface area contributed by atoms with Crippen LogP contribution in [0, 0.1) is 0 Å². The lowest BCUT2D eigenvalue weighted by Gasteiger charge is -2.41. The highest BCUT2D eigenvalue weighted by molar-refractivity contribution is 7.47. The van der Waals surface area contributed by atoms with E-state index in [2.05, 4.69) is 38.2 Å². The minimum atomic E-state index is -5.11. The van der Waals surface area contributed by atoms with Gasteiger partial charge in [-0.15, -0.1) is 0 Å². The van der Waals surface area contributed by atoms with Gasteiger partial charge in [0.05, 0.1) is 6.61 Å². The summed E-state index contributed by atoms with van der Waals surface area (Å²) < 4.78 is 33.4. The molecule has 0 spiro atoms. The molecule has 0 amide bonds. The predicted molar refractivity (Wildman–Crippen MR) is 221 cm³/mol. The fourth-order valence-corrected chi connectivity index (χ4v) is 7.59. The first-order valence-corrected chi connectivity index (χ1v) is 23.6. The average molecular weight is 835 g/mol. The minimum Gasteiger partial charge on any atom is -0.462 e. The summed E-state index contributed by atoms with van der Waals surface area (Å²) in [5.41, 5.74) is 0. The molecule has 1 rings (SSSR count). The average Bonchev–Trinajstić information content (AvgIpc) is 3.19. The first-order chi connectivity index (χ1) is 27.4. The third-order valence-corrected chi connectivity index (χ3v) is 11.3. The standard InChI is InChI=1S/C43H79O13P/c1-3-5-7-9-11-13-15-16-17-18-19-20-22-24-26-28-30-32-37(45)55-35(33-53-36(44)31-29-27-25-23-21-14-12-10-8-6-4-2)34-54-57(51,52)56-43-41(49)39(47)38(46)40(48)42(43)50/h10,12,16-17,35,38-43,46-50H,3-9,11,13-15,18-34H2,1-2H3,(H,51,52)/b12-10-,17-16-. The van der Waals surface area contributed by atoms with Crippen molar-refractivity contribution in [1.82, 2.24) is 0 Å². The predicted octanol–water partition coefficient (Wildman–Crippen LogP) is 8.06. The molecule has 6 N–H and O–H groups in total. The highest BCUT2D eigenvalue weighted by atomic mass is 31.2. The van der Waals surface area contributed by atoms with E-state index in [0.717, 1.165) is 70.6 Å². The summed E-state index contributed by atoms with van der Waals surface area (Å²) in [6.07, 6.45) is 22.4. The quantitative estimate of drug-likeness (QED) is 0.0153. The Morgan fingerprint density at radius 2 is 0.912 bits per heavy atom. The van der Waals surface area contributed by atoms with Crippen molar-refractivity contribution in [2.24, 2.45) is 0 Å². The van der Waals surface area contributed by atoms with Crippen molar-refractivity contribution >= 4 is 19.8 Å². The summed E-state index contributed by atoms with van der Waals surface area (Å²) in [6, 6.07) is 0. The van der Waals surface area contributed by atoms with E-state index < -0.39 is 75.7 Å². The fraction of sp³-hybridized carbons (Fsp3) is 0.860. The number of aliphatic hydroxyl groups is 5. The first-order valence-electron chi connectivity index (χ1n) is 22.1. The molecule has 0 aromatic rings. The normalized spacial score (nSPS) is 22.9. The van der Waals surface area contributed by atoms with Crippen molar-refractivity contribution in [2.75, 3.05) is 13.2 Å². The van der Waals surface area contributed by atoms with Crippen LogP contribution in [0.3, 0.4) is 0 Å². The van der Waals surface area contributed by atoms with Crippen LogP contribution in [0.15, 0.2) is 24.3 Å². The second-order valence-electron chi connectivity index (χ2n) is 15.5. The number of rotatable bonds is 36. The van der Waals surface area contributed by atoms with Gasteiger partial charge in [-0.05, 0) is 57.8 Å². The van der Waals surface area contributed by atoms with Crippen LogP contribution in [-0.4, -0.2) is 98.3 Å². The summed E-state index contributed by atoms with van der Waals surface area (Å²) in [6.45, 7) is 3.23. The van der Waals surface area contributed by atoms with Crippen LogP contribution in [0.2, 0.25) is 0 Å². The number of phosphoric ester groups is 1. The smallest absolute Gasteiger partial charge is 0.462 e. The first kappa shape index (κ1) is 53.3. The van der Waals surface area contributed by atoms with Gasteiger partial charge in [0.1, 0.15) is 43.2 Å². The molecule has 0 aromatic carbocycles. The molecule has 14 heteroatoms. The lowest BCUT2D eigenvalue weighted by molar-refractivity contribution is -0.220. The summed E-state index contributed by atoms with van der Waals surface area (Å²) >= 11 is 0. The second-order valence-corrected chi connectivity index (χ2v) is 16.9. The van der Waals surface area contributed by atoms with E-state index in [1.807, 2.05) is 0 Å². The Morgan fingerprint density at radius 3 is 1.39 bits per heavy atom. The maximum Gasteiger partial charge on any atom is 0.472 e. The zero-order chi connectivity index (χ0) is 42.2. The van der Waals surface area contributed by atoms with Crippen LogP contribution < -0.4 is 0 Å². The van der Waals surface area contributed by atoms with Gasteiger partial charge in [0.2, 0.25) is 0 Å². The van der Waals surface area contributed by atoms with E-state index in [0.29, 0.717) is 12.8 Å². The van der Waals surface area contributed by atoms with Gasteiger partial charge in [0, 0.05) is 12.8 Å². The van der Waals surface area contributed by atoms with Crippen molar-refractivity contribution in [3.05, 3.63) is 24.3 Å². The van der Waals surface area contributed by atoms with Gasteiger partial charge in [-0.3, -0.25) is 18.6 Å². The van der Waals surface area contributed by atoms with E-state index in [4.69, 9.17) is 18.5 Å². The van der Waals surface area contributed by atoms with Gasteiger partial charge in [0.15, 0.2) is 6.10 Å². The largest absolute Gasteiger partial charge is 0.472 e. The Morgan fingerprint density at radius 1 is 0.526 bits per heavy atom. The molecule has 0 bridgehead atoms. The van der Waals surface area contributed by atoms with Crippen LogP contribution in [0.5, 0.6) is 0 Å². The zero-order valence-corrected chi connectivity index (χ0v) is 36.0. The Labute approximate surface area is 343 Å². The van der Waals surface area contributed by atoms with E-state index in [1.165, 1.54) is 70.6 Å². The van der Waals surface area contributed by atoms with Gasteiger partial charge >= 0.3 is 19.8 Å². The number of allylic oxidation sites excluding steroid dienone is 4. The van der Waals surface area contributed by atoms with E-state index >= 15 is 0 Å². The van der Waals surface area contributed by atoms with E-state index in [1.54, 1.807) is 0 Å². The fourth-order valence-electron chi connectivity index (χ4n) is 6.62. The molecule has 6 unspecified atom stereocenters. The van der Waals surface area contributed by atoms with Crippen molar-refractivity contribution in [2.45, 2.75) is 224 Å². The van der Waals surface area contributed by atoms with Crippen LogP contribution in [-0.2, 0) is 32.7 Å². The summed E-state index contributed by atoms with van der Waals surface area (Å²) in [5, 5.41) is 50.0. The molecule has 334 valence electrons. The molecule has 1 saturated carbocycles. The third kappa shape index (κ3) is 26.9. The molecular weight excluding hydrogens is 755 g/mol. The molecule has 1 aliphatic rings. The number of carbonyl (C=O) groups excluding carboxylic acids is 2. The lowest BCUT2D eigenvalue weighted by atomic mass is 9.85. The number of esters is 2. The molecule has 0 aromatic heterocycles. The second kappa shape index (κ2) is 34.1. The topological polar surface area (TPSA) is 210 Å². The van der Waals surface area contributed by atoms with Crippen LogP contribution in [0.25, 0.3) is 0 Å². The van der Waals surface area contributed by atoms with E-state index in [9.17, 15) is 44.6 Å². The Bertz CT molecular complexity index is 1100. The molecule has 0 heterocycles.